The van der Waals surface area contributed by atoms with E-state index in [2.05, 4.69) is 33.7 Å². The van der Waals surface area contributed by atoms with Gasteiger partial charge in [-0.1, -0.05) is 18.2 Å². The van der Waals surface area contributed by atoms with E-state index in [9.17, 15) is 10.1 Å². The fraction of sp³-hybridized carbons (Fsp3) is 0.379. The van der Waals surface area contributed by atoms with E-state index in [1.807, 2.05) is 48.2 Å². The van der Waals surface area contributed by atoms with Gasteiger partial charge in [-0.05, 0) is 34.0 Å². The average molecular weight is 564 g/mol. The van der Waals surface area contributed by atoms with Crippen molar-refractivity contribution < 1.29 is 18.8 Å². The first kappa shape index (κ1) is 28.2. The lowest BCUT2D eigenvalue weighted by Gasteiger charge is -2.34. The van der Waals surface area contributed by atoms with Gasteiger partial charge in [0.05, 0.1) is 48.4 Å². The minimum absolute atomic E-state index is 0.0720. The highest BCUT2D eigenvalue weighted by molar-refractivity contribution is 5.98. The van der Waals surface area contributed by atoms with Crippen LogP contribution in [0.5, 0.6) is 5.75 Å². The fourth-order valence-corrected chi connectivity index (χ4v) is 5.32. The number of nitro groups is 1. The lowest BCUT2D eigenvalue weighted by molar-refractivity contribution is -0.384. The van der Waals surface area contributed by atoms with Gasteiger partial charge in [-0.15, -0.1) is 0 Å². The van der Waals surface area contributed by atoms with Crippen molar-refractivity contribution in [2.45, 2.75) is 26.0 Å². The molecule has 0 radical (unpaired) electrons. The van der Waals surface area contributed by atoms with Crippen molar-refractivity contribution in [3.8, 4) is 17.0 Å². The summed E-state index contributed by atoms with van der Waals surface area (Å²) in [7, 11) is 7.15. The molecule has 0 saturated carbocycles. The van der Waals surface area contributed by atoms with Crippen LogP contribution in [0, 0.1) is 15.9 Å². The lowest BCUT2D eigenvalue weighted by Crippen LogP contribution is -2.37. The van der Waals surface area contributed by atoms with E-state index in [4.69, 9.17) is 9.47 Å². The Labute approximate surface area is 237 Å². The quantitative estimate of drug-likeness (QED) is 0.218. The summed E-state index contributed by atoms with van der Waals surface area (Å²) in [6.07, 6.45) is 1.10. The van der Waals surface area contributed by atoms with E-state index in [1.54, 1.807) is 13.1 Å². The maximum Gasteiger partial charge on any atom is 0.294 e. The van der Waals surface area contributed by atoms with Gasteiger partial charge in [0, 0.05) is 48.7 Å². The zero-order valence-electron chi connectivity index (χ0n) is 24.1. The van der Waals surface area contributed by atoms with Gasteiger partial charge in [0.2, 0.25) is 5.95 Å². The number of para-hydroxylation sites is 1. The SMILES string of the molecule is COc1cc(N(C)CCN(C)C)c([N+](=O)[O-])cc1Nc1ncc(F)c(-c2c3n(c4ccccc24)C(C)(C)COC3)n1. The Morgan fingerprint density at radius 1 is 1.22 bits per heavy atom. The number of hydrogen-bond acceptors (Lipinski definition) is 9. The van der Waals surface area contributed by atoms with Crippen LogP contribution in [-0.2, 0) is 16.9 Å². The highest BCUT2D eigenvalue weighted by Gasteiger charge is 2.34. The van der Waals surface area contributed by atoms with Gasteiger partial charge in [-0.3, -0.25) is 10.1 Å². The number of halogens is 1. The molecule has 1 N–H and O–H groups in total. The van der Waals surface area contributed by atoms with Crippen molar-refractivity contribution in [2.24, 2.45) is 0 Å². The summed E-state index contributed by atoms with van der Waals surface area (Å²) < 4.78 is 29.1. The molecule has 0 fully saturated rings. The molecule has 4 aromatic rings. The van der Waals surface area contributed by atoms with Crippen molar-refractivity contribution in [3.63, 3.8) is 0 Å². The molecule has 2 aromatic carbocycles. The number of anilines is 3. The van der Waals surface area contributed by atoms with Crippen molar-refractivity contribution in [2.75, 3.05) is 58.2 Å². The van der Waals surface area contributed by atoms with Crippen LogP contribution < -0.4 is 15.0 Å². The molecule has 0 atom stereocenters. The smallest absolute Gasteiger partial charge is 0.294 e. The zero-order valence-corrected chi connectivity index (χ0v) is 24.1. The molecule has 1 aliphatic rings. The topological polar surface area (TPSA) is 111 Å². The summed E-state index contributed by atoms with van der Waals surface area (Å²) in [6, 6.07) is 10.8. The molecule has 0 bridgehead atoms. The summed E-state index contributed by atoms with van der Waals surface area (Å²) in [5.74, 6) is -0.157. The second kappa shape index (κ2) is 10.9. The summed E-state index contributed by atoms with van der Waals surface area (Å²) in [5.41, 5.74) is 2.78. The third-order valence-electron chi connectivity index (χ3n) is 7.29. The van der Waals surface area contributed by atoms with Gasteiger partial charge in [0.15, 0.2) is 5.82 Å². The number of aromatic nitrogens is 3. The number of ether oxygens (including phenoxy) is 2. The second-order valence-electron chi connectivity index (χ2n) is 11.0. The molecule has 3 heterocycles. The third kappa shape index (κ3) is 5.27. The summed E-state index contributed by atoms with van der Waals surface area (Å²) in [4.78, 5) is 24.1. The Morgan fingerprint density at radius 3 is 2.68 bits per heavy atom. The summed E-state index contributed by atoms with van der Waals surface area (Å²) in [6.45, 7) is 6.28. The Morgan fingerprint density at radius 2 is 1.98 bits per heavy atom. The van der Waals surface area contributed by atoms with E-state index >= 15 is 4.39 Å². The van der Waals surface area contributed by atoms with Gasteiger partial charge < -0.3 is 29.2 Å². The van der Waals surface area contributed by atoms with Gasteiger partial charge in [0.1, 0.15) is 17.1 Å². The van der Waals surface area contributed by atoms with Crippen molar-refractivity contribution in [1.82, 2.24) is 19.4 Å². The molecule has 0 amide bonds. The lowest BCUT2D eigenvalue weighted by atomic mass is 10.0. The van der Waals surface area contributed by atoms with E-state index in [-0.39, 0.29) is 28.6 Å². The first-order chi connectivity index (χ1) is 19.5. The monoisotopic (exact) mass is 563 g/mol. The minimum Gasteiger partial charge on any atom is -0.494 e. The summed E-state index contributed by atoms with van der Waals surface area (Å²) >= 11 is 0. The van der Waals surface area contributed by atoms with Crippen molar-refractivity contribution >= 4 is 33.9 Å². The van der Waals surface area contributed by atoms with Crippen LogP contribution in [0.25, 0.3) is 22.2 Å². The Kier molecular flexibility index (Phi) is 7.54. The molecule has 12 heteroatoms. The number of fused-ring (bicyclic) bond motifs is 3. The van der Waals surface area contributed by atoms with Gasteiger partial charge in [0.25, 0.3) is 5.69 Å². The predicted octanol–water partition coefficient (Wildman–Crippen LogP) is 5.16. The molecular weight excluding hydrogens is 529 g/mol. The van der Waals surface area contributed by atoms with Crippen LogP contribution in [0.4, 0.5) is 27.4 Å². The number of rotatable bonds is 9. The van der Waals surface area contributed by atoms with E-state index < -0.39 is 10.7 Å². The van der Waals surface area contributed by atoms with Gasteiger partial charge >= 0.3 is 0 Å². The molecule has 41 heavy (non-hydrogen) atoms. The third-order valence-corrected chi connectivity index (χ3v) is 7.29. The standard InChI is InChI=1S/C29H34FN7O4/c1-29(2)17-41-16-24-26(18-9-7-8-10-21(18)36(24)29)27-19(30)15-31-28(33-27)32-20-13-23(37(38)39)22(14-25(20)40-6)35(5)12-11-34(3)4/h7-10,13-15H,11-12,16-17H2,1-6H3,(H,31,32,33). The molecule has 0 aliphatic carbocycles. The van der Waals surface area contributed by atoms with Crippen molar-refractivity contribution in [3.05, 3.63) is 64.2 Å². The number of nitrogens with one attached hydrogen (secondary N) is 1. The van der Waals surface area contributed by atoms with Gasteiger partial charge in [-0.2, -0.15) is 0 Å². The largest absolute Gasteiger partial charge is 0.494 e. The molecule has 216 valence electrons. The van der Waals surface area contributed by atoms with Crippen LogP contribution in [0.2, 0.25) is 0 Å². The highest BCUT2D eigenvalue weighted by atomic mass is 19.1. The van der Waals surface area contributed by atoms with Crippen LogP contribution >= 0.6 is 0 Å². The average Bonchev–Trinajstić information content (AvgIpc) is 3.27. The van der Waals surface area contributed by atoms with E-state index in [1.165, 1.54) is 13.2 Å². The Bertz CT molecular complexity index is 1620. The van der Waals surface area contributed by atoms with Crippen LogP contribution in [0.1, 0.15) is 19.5 Å². The molecule has 5 rings (SSSR count). The predicted molar refractivity (Wildman–Crippen MR) is 157 cm³/mol. The maximum absolute atomic E-state index is 15.4. The molecule has 2 aromatic heterocycles. The molecule has 0 saturated heterocycles. The van der Waals surface area contributed by atoms with Crippen LogP contribution in [0.15, 0.2) is 42.6 Å². The van der Waals surface area contributed by atoms with Gasteiger partial charge in [-0.25, -0.2) is 14.4 Å². The Balaban J connectivity index is 1.59. The minimum atomic E-state index is -0.589. The maximum atomic E-state index is 15.4. The molecule has 0 spiro atoms. The number of nitrogens with zero attached hydrogens (tertiary/aromatic N) is 6. The van der Waals surface area contributed by atoms with E-state index in [0.717, 1.165) is 22.8 Å². The first-order valence-electron chi connectivity index (χ1n) is 13.2. The highest BCUT2D eigenvalue weighted by Crippen LogP contribution is 2.42. The molecular formula is C29H34FN7O4. The normalized spacial score (nSPS) is 14.2. The number of nitro benzene ring substituents is 1. The number of benzene rings is 2. The first-order valence-corrected chi connectivity index (χ1v) is 13.2. The zero-order chi connectivity index (χ0) is 29.5. The summed E-state index contributed by atoms with van der Waals surface area (Å²) in [5, 5.41) is 15.9. The second-order valence-corrected chi connectivity index (χ2v) is 11.0. The number of likely N-dealkylation sites (N-methyl/N-ethyl adjacent to an activating group) is 2. The number of hydrogen-bond donors (Lipinski definition) is 1. The molecule has 11 nitrogen and oxygen atoms in total. The van der Waals surface area contributed by atoms with E-state index in [0.29, 0.717) is 43.3 Å². The number of methoxy groups -OCH3 is 1. The fourth-order valence-electron chi connectivity index (χ4n) is 5.32. The van der Waals surface area contributed by atoms with Crippen LogP contribution in [0.3, 0.4) is 0 Å². The van der Waals surface area contributed by atoms with Crippen LogP contribution in [-0.4, -0.2) is 72.3 Å². The van der Waals surface area contributed by atoms with Crippen molar-refractivity contribution in [1.29, 1.82) is 0 Å². The Hall–Kier alpha value is -4.29. The molecule has 1 aliphatic heterocycles. The molecule has 0 unspecified atom stereocenters.